The van der Waals surface area contributed by atoms with Crippen molar-refractivity contribution < 1.29 is 13.2 Å². The van der Waals surface area contributed by atoms with Crippen molar-refractivity contribution in [3.8, 4) is 5.88 Å². The van der Waals surface area contributed by atoms with Crippen LogP contribution in [0.3, 0.4) is 0 Å². The Balaban J connectivity index is 3.04. The molecule has 9 heteroatoms. The molecule has 1 aromatic heterocycles. The zero-order valence-corrected chi connectivity index (χ0v) is 8.63. The zero-order chi connectivity index (χ0) is 10.8. The molecule has 0 unspecified atom stereocenters. The minimum atomic E-state index is -3.91. The first-order valence-electron chi connectivity index (χ1n) is 3.30. The van der Waals surface area contributed by atoms with E-state index in [2.05, 4.69) is 9.97 Å². The van der Waals surface area contributed by atoms with Crippen LogP contribution < -0.4 is 14.6 Å². The van der Waals surface area contributed by atoms with E-state index in [0.717, 1.165) is 0 Å². The minimum Gasteiger partial charge on any atom is -0.481 e. The fraction of sp³-hybridized carbons (Fsp3) is 0.200. The number of aromatic nitrogens is 2. The number of nitrogens with one attached hydrogen (secondary N) is 1. The summed E-state index contributed by atoms with van der Waals surface area (Å²) in [6.45, 7) is 0. The molecule has 0 aliphatic heterocycles. The van der Waals surface area contributed by atoms with Gasteiger partial charge in [0.1, 0.15) is 5.15 Å². The van der Waals surface area contributed by atoms with Crippen molar-refractivity contribution in [2.75, 3.05) is 11.8 Å². The summed E-state index contributed by atoms with van der Waals surface area (Å²) in [5.74, 6) is -0.104. The quantitative estimate of drug-likeness (QED) is 0.707. The van der Waals surface area contributed by atoms with E-state index >= 15 is 0 Å². The van der Waals surface area contributed by atoms with Crippen molar-refractivity contribution in [2.45, 2.75) is 0 Å². The van der Waals surface area contributed by atoms with Gasteiger partial charge in [-0.2, -0.15) is 13.4 Å². The molecule has 7 nitrogen and oxygen atoms in total. The Labute approximate surface area is 85.4 Å². The second-order valence-electron chi connectivity index (χ2n) is 2.20. The van der Waals surface area contributed by atoms with Gasteiger partial charge in [0.25, 0.3) is 10.2 Å². The predicted octanol–water partition coefficient (Wildman–Crippen LogP) is -0.246. The van der Waals surface area contributed by atoms with E-state index in [1.807, 2.05) is 4.72 Å². The van der Waals surface area contributed by atoms with E-state index in [-0.39, 0.29) is 17.0 Å². The van der Waals surface area contributed by atoms with Crippen LogP contribution in [-0.2, 0) is 10.2 Å². The molecule has 0 aliphatic rings. The van der Waals surface area contributed by atoms with Crippen LogP contribution in [0.4, 0.5) is 5.95 Å². The standard InChI is InChI=1S/C5H7ClN4O3S/c1-13-4-2-3(6)8-5(9-4)10-14(7,11)12/h2H,1H3,(H2,7,11,12)(H,8,9,10). The molecule has 1 aromatic rings. The second-order valence-corrected chi connectivity index (χ2v) is 3.89. The highest BCUT2D eigenvalue weighted by atomic mass is 35.5. The number of hydrogen-bond acceptors (Lipinski definition) is 5. The average Bonchev–Trinajstić information content (AvgIpc) is 1.99. The molecule has 0 fully saturated rings. The molecule has 3 N–H and O–H groups in total. The molecule has 1 rings (SSSR count). The number of methoxy groups -OCH3 is 1. The number of ether oxygens (including phenoxy) is 1. The average molecular weight is 239 g/mol. The fourth-order valence-corrected chi connectivity index (χ4v) is 1.19. The van der Waals surface area contributed by atoms with Gasteiger partial charge in [-0.1, -0.05) is 11.6 Å². The van der Waals surface area contributed by atoms with Gasteiger partial charge in [0, 0.05) is 6.07 Å². The Morgan fingerprint density at radius 3 is 2.71 bits per heavy atom. The van der Waals surface area contributed by atoms with Gasteiger partial charge in [-0.25, -0.2) is 14.8 Å². The van der Waals surface area contributed by atoms with E-state index in [9.17, 15) is 8.42 Å². The molecule has 0 saturated carbocycles. The van der Waals surface area contributed by atoms with Crippen LogP contribution in [0.2, 0.25) is 5.15 Å². The van der Waals surface area contributed by atoms with Crippen molar-refractivity contribution in [3.05, 3.63) is 11.2 Å². The third kappa shape index (κ3) is 3.32. The maximum atomic E-state index is 10.6. The van der Waals surface area contributed by atoms with Crippen molar-refractivity contribution in [2.24, 2.45) is 5.14 Å². The monoisotopic (exact) mass is 238 g/mol. The van der Waals surface area contributed by atoms with Gasteiger partial charge in [0.15, 0.2) is 0 Å². The minimum absolute atomic E-state index is 0.0444. The van der Waals surface area contributed by atoms with Crippen LogP contribution in [0, 0.1) is 0 Å². The van der Waals surface area contributed by atoms with Crippen LogP contribution in [0.5, 0.6) is 5.88 Å². The van der Waals surface area contributed by atoms with Gasteiger partial charge in [-0.05, 0) is 0 Å². The first-order chi connectivity index (χ1) is 6.40. The lowest BCUT2D eigenvalue weighted by Gasteiger charge is -2.03. The fourth-order valence-electron chi connectivity index (χ4n) is 0.674. The Morgan fingerprint density at radius 2 is 2.21 bits per heavy atom. The summed E-state index contributed by atoms with van der Waals surface area (Å²) in [5.41, 5.74) is 0. The van der Waals surface area contributed by atoms with Gasteiger partial charge < -0.3 is 4.74 Å². The van der Waals surface area contributed by atoms with E-state index in [1.165, 1.54) is 13.2 Å². The highest BCUT2D eigenvalue weighted by molar-refractivity contribution is 7.90. The van der Waals surface area contributed by atoms with E-state index in [4.69, 9.17) is 21.5 Å². The van der Waals surface area contributed by atoms with Gasteiger partial charge in [0.05, 0.1) is 7.11 Å². The summed E-state index contributed by atoms with van der Waals surface area (Å²) in [6.07, 6.45) is 0. The van der Waals surface area contributed by atoms with Crippen molar-refractivity contribution in [3.63, 3.8) is 0 Å². The molecule has 0 aliphatic carbocycles. The van der Waals surface area contributed by atoms with Crippen molar-refractivity contribution in [1.29, 1.82) is 0 Å². The topological polar surface area (TPSA) is 107 Å². The molecular formula is C5H7ClN4O3S. The molecule has 0 spiro atoms. The Kier molecular flexibility index (Phi) is 3.09. The zero-order valence-electron chi connectivity index (χ0n) is 7.06. The number of hydrogen-bond donors (Lipinski definition) is 2. The molecule has 0 aromatic carbocycles. The van der Waals surface area contributed by atoms with E-state index in [1.54, 1.807) is 0 Å². The molecule has 0 atom stereocenters. The lowest BCUT2D eigenvalue weighted by Crippen LogP contribution is -2.23. The third-order valence-electron chi connectivity index (χ3n) is 1.11. The largest absolute Gasteiger partial charge is 0.481 e. The SMILES string of the molecule is COc1cc(Cl)nc(NS(N)(=O)=O)n1. The first kappa shape index (κ1) is 11.0. The van der Waals surface area contributed by atoms with Gasteiger partial charge >= 0.3 is 0 Å². The molecular weight excluding hydrogens is 232 g/mol. The lowest BCUT2D eigenvalue weighted by atomic mass is 10.6. The third-order valence-corrected chi connectivity index (χ3v) is 1.77. The summed E-state index contributed by atoms with van der Waals surface area (Å²) >= 11 is 5.55. The number of nitrogens with zero attached hydrogens (tertiary/aromatic N) is 2. The van der Waals surface area contributed by atoms with Crippen LogP contribution in [0.15, 0.2) is 6.07 Å². The Bertz CT molecular complexity index is 435. The highest BCUT2D eigenvalue weighted by Gasteiger charge is 2.08. The summed E-state index contributed by atoms with van der Waals surface area (Å²) in [5, 5.41) is 4.75. The summed E-state index contributed by atoms with van der Waals surface area (Å²) in [7, 11) is -2.55. The van der Waals surface area contributed by atoms with Crippen LogP contribution >= 0.6 is 11.6 Å². The molecule has 0 radical (unpaired) electrons. The Hall–Kier alpha value is -1.12. The normalized spacial score (nSPS) is 11.1. The summed E-state index contributed by atoms with van der Waals surface area (Å²) < 4.78 is 27.8. The predicted molar refractivity (Wildman–Crippen MR) is 50.3 cm³/mol. The molecule has 0 amide bonds. The number of halogens is 1. The van der Waals surface area contributed by atoms with Gasteiger partial charge in [-0.15, -0.1) is 0 Å². The summed E-state index contributed by atoms with van der Waals surface area (Å²) in [4.78, 5) is 7.22. The maximum Gasteiger partial charge on any atom is 0.298 e. The van der Waals surface area contributed by atoms with Crippen LogP contribution in [0.25, 0.3) is 0 Å². The molecule has 0 bridgehead atoms. The van der Waals surface area contributed by atoms with E-state index in [0.29, 0.717) is 0 Å². The number of anilines is 1. The Morgan fingerprint density at radius 1 is 1.57 bits per heavy atom. The van der Waals surface area contributed by atoms with Crippen molar-refractivity contribution in [1.82, 2.24) is 9.97 Å². The molecule has 1 heterocycles. The lowest BCUT2D eigenvalue weighted by molar-refractivity contribution is 0.397. The number of nitrogens with two attached hydrogens (primary N) is 1. The smallest absolute Gasteiger partial charge is 0.298 e. The van der Waals surface area contributed by atoms with Gasteiger partial charge in [-0.3, -0.25) is 0 Å². The number of rotatable bonds is 3. The van der Waals surface area contributed by atoms with E-state index < -0.39 is 10.2 Å². The van der Waals surface area contributed by atoms with Crippen LogP contribution in [0.1, 0.15) is 0 Å². The molecule has 14 heavy (non-hydrogen) atoms. The molecule has 78 valence electrons. The first-order valence-corrected chi connectivity index (χ1v) is 5.22. The van der Waals surface area contributed by atoms with Crippen LogP contribution in [-0.4, -0.2) is 25.5 Å². The maximum absolute atomic E-state index is 10.6. The van der Waals surface area contributed by atoms with Crippen molar-refractivity contribution >= 4 is 27.8 Å². The summed E-state index contributed by atoms with van der Waals surface area (Å²) in [6, 6.07) is 1.33. The second kappa shape index (κ2) is 3.95. The van der Waals surface area contributed by atoms with Gasteiger partial charge in [0.2, 0.25) is 11.8 Å². The highest BCUT2D eigenvalue weighted by Crippen LogP contribution is 2.15. The molecule has 0 saturated heterocycles.